The largest absolute Gasteiger partial charge is 1.00 e. The van der Waals surface area contributed by atoms with Gasteiger partial charge in [-0.3, -0.25) is 0 Å². The van der Waals surface area contributed by atoms with Gasteiger partial charge in [0, 0.05) is 0 Å². The van der Waals surface area contributed by atoms with Crippen molar-refractivity contribution in [2.45, 2.75) is 0 Å². The molecule has 0 saturated carbocycles. The van der Waals surface area contributed by atoms with E-state index in [9.17, 15) is 0 Å². The molecule has 0 saturated heterocycles. The molecule has 0 fully saturated rings. The van der Waals surface area contributed by atoms with Gasteiger partial charge < -0.3 is 1.43 Å². The molecule has 0 atom stereocenters. The van der Waals surface area contributed by atoms with E-state index in [1.165, 1.54) is 0 Å². The maximum atomic E-state index is 5.36. The summed E-state index contributed by atoms with van der Waals surface area (Å²) in [6.45, 7) is 0. The molecule has 0 spiro atoms. The van der Waals surface area contributed by atoms with E-state index < -0.39 is 0 Å². The van der Waals surface area contributed by atoms with Crippen LogP contribution in [-0.2, 0) is 0 Å². The molecule has 0 nitrogen and oxygen atoms in total. The Morgan fingerprint density at radius 3 is 1.88 bits per heavy atom. The second-order valence-corrected chi connectivity index (χ2v) is 1.41. The number of hydrogen-bond donors (Lipinski definition) is 0. The molecule has 0 aliphatic carbocycles. The summed E-state index contributed by atoms with van der Waals surface area (Å²) < 4.78 is 0. The van der Waals surface area contributed by atoms with Crippen LogP contribution in [0.4, 0.5) is 0 Å². The Hall–Kier alpha value is 0.285. The van der Waals surface area contributed by atoms with Gasteiger partial charge in [0.05, 0.1) is 0 Å². The standard InChI is InChI=1S/C6H5B.Na.H/c7-6-4-2-1-3-5-6;;/h1-5H;;/q;+1;-1. The summed E-state index contributed by atoms with van der Waals surface area (Å²) in [5.74, 6) is 0. The summed E-state index contributed by atoms with van der Waals surface area (Å²) in [5, 5.41) is 0. The summed E-state index contributed by atoms with van der Waals surface area (Å²) in [5.41, 5.74) is 0.822. The summed E-state index contributed by atoms with van der Waals surface area (Å²) in [7, 11) is 5.36. The maximum absolute atomic E-state index is 5.36. The minimum absolute atomic E-state index is 0. The fraction of sp³-hybridized carbons (Fsp3) is 0. The van der Waals surface area contributed by atoms with Crippen LogP contribution in [0.2, 0.25) is 0 Å². The normalized spacial score (nSPS) is 7.50. The maximum Gasteiger partial charge on any atom is 1.00 e. The van der Waals surface area contributed by atoms with Crippen LogP contribution in [0.15, 0.2) is 30.3 Å². The summed E-state index contributed by atoms with van der Waals surface area (Å²) in [6, 6.07) is 9.49. The Kier molecular flexibility index (Phi) is 4.34. The predicted molar refractivity (Wildman–Crippen MR) is 32.9 cm³/mol. The Morgan fingerprint density at radius 1 is 1.12 bits per heavy atom. The van der Waals surface area contributed by atoms with Gasteiger partial charge in [0.25, 0.3) is 0 Å². The first kappa shape index (κ1) is 8.28. The third kappa shape index (κ3) is 2.56. The first-order valence-electron chi connectivity index (χ1n) is 2.20. The molecule has 0 aromatic heterocycles. The fourth-order valence-corrected chi connectivity index (χ4v) is 0.453. The van der Waals surface area contributed by atoms with E-state index in [2.05, 4.69) is 0 Å². The van der Waals surface area contributed by atoms with E-state index >= 15 is 0 Å². The molecular weight excluding hydrogens is 106 g/mol. The van der Waals surface area contributed by atoms with E-state index in [0.717, 1.165) is 5.46 Å². The quantitative estimate of drug-likeness (QED) is 0.328. The minimum atomic E-state index is 0. The van der Waals surface area contributed by atoms with Gasteiger partial charge in [-0.25, -0.2) is 0 Å². The van der Waals surface area contributed by atoms with Crippen molar-refractivity contribution >= 4 is 13.3 Å². The van der Waals surface area contributed by atoms with Gasteiger partial charge in [0.1, 0.15) is 7.85 Å². The fourth-order valence-electron chi connectivity index (χ4n) is 0.453. The monoisotopic (exact) mass is 112 g/mol. The minimum Gasteiger partial charge on any atom is -1.00 e. The molecule has 0 unspecified atom stereocenters. The van der Waals surface area contributed by atoms with Gasteiger partial charge in [-0.05, 0) is 0 Å². The zero-order valence-electron chi connectivity index (χ0n) is 5.96. The molecule has 0 N–H and O–H groups in total. The first-order chi connectivity index (χ1) is 3.39. The SMILES string of the molecule is [B]c1ccccc1.[H-].[Na+]. The Morgan fingerprint density at radius 2 is 1.62 bits per heavy atom. The molecule has 8 heavy (non-hydrogen) atoms. The van der Waals surface area contributed by atoms with Crippen LogP contribution in [0.3, 0.4) is 0 Å². The van der Waals surface area contributed by atoms with Gasteiger partial charge in [-0.1, -0.05) is 35.8 Å². The van der Waals surface area contributed by atoms with Crippen LogP contribution in [0, 0.1) is 0 Å². The molecular formula is C6H6BNa. The van der Waals surface area contributed by atoms with E-state index in [0.29, 0.717) is 0 Å². The number of hydrogen-bond acceptors (Lipinski definition) is 0. The van der Waals surface area contributed by atoms with Crippen LogP contribution in [0.1, 0.15) is 1.43 Å². The number of benzene rings is 1. The smallest absolute Gasteiger partial charge is 1.00 e. The van der Waals surface area contributed by atoms with Crippen molar-refractivity contribution in [2.24, 2.45) is 0 Å². The Labute approximate surface area is 74.5 Å². The van der Waals surface area contributed by atoms with E-state index in [-0.39, 0.29) is 31.0 Å². The summed E-state index contributed by atoms with van der Waals surface area (Å²) in [4.78, 5) is 0. The second kappa shape index (κ2) is 4.19. The molecule has 1 aromatic rings. The van der Waals surface area contributed by atoms with Crippen LogP contribution in [0.25, 0.3) is 0 Å². The van der Waals surface area contributed by atoms with Crippen molar-refractivity contribution in [2.75, 3.05) is 0 Å². The Bertz CT molecular complexity index is 143. The van der Waals surface area contributed by atoms with Gasteiger partial charge in [-0.2, -0.15) is 0 Å². The first-order valence-corrected chi connectivity index (χ1v) is 2.20. The molecule has 2 heteroatoms. The summed E-state index contributed by atoms with van der Waals surface area (Å²) >= 11 is 0. The predicted octanol–water partition coefficient (Wildman–Crippen LogP) is -2.40. The average molecular weight is 112 g/mol. The van der Waals surface area contributed by atoms with Crippen molar-refractivity contribution in [3.05, 3.63) is 30.3 Å². The van der Waals surface area contributed by atoms with Crippen molar-refractivity contribution < 1.29 is 31.0 Å². The molecule has 1 aromatic carbocycles. The van der Waals surface area contributed by atoms with Crippen molar-refractivity contribution in [1.29, 1.82) is 0 Å². The van der Waals surface area contributed by atoms with E-state index in [1.54, 1.807) is 0 Å². The molecule has 2 radical (unpaired) electrons. The van der Waals surface area contributed by atoms with Crippen molar-refractivity contribution in [3.63, 3.8) is 0 Å². The molecule has 0 amide bonds. The van der Waals surface area contributed by atoms with Gasteiger partial charge >= 0.3 is 29.6 Å². The topological polar surface area (TPSA) is 0 Å². The van der Waals surface area contributed by atoms with Gasteiger partial charge in [0.15, 0.2) is 0 Å². The van der Waals surface area contributed by atoms with Crippen LogP contribution in [-0.4, -0.2) is 7.85 Å². The average Bonchev–Trinajstić information content (AvgIpc) is 1.69. The van der Waals surface area contributed by atoms with E-state index in [4.69, 9.17) is 7.85 Å². The molecule has 0 heterocycles. The molecule has 34 valence electrons. The van der Waals surface area contributed by atoms with Gasteiger partial charge in [0.2, 0.25) is 0 Å². The zero-order chi connectivity index (χ0) is 5.11. The third-order valence-electron chi connectivity index (χ3n) is 0.800. The molecule has 0 aliphatic heterocycles. The van der Waals surface area contributed by atoms with Crippen LogP contribution in [0.5, 0.6) is 0 Å². The molecule has 0 bridgehead atoms. The summed E-state index contributed by atoms with van der Waals surface area (Å²) in [6.07, 6.45) is 0. The zero-order valence-corrected chi connectivity index (χ0v) is 6.96. The van der Waals surface area contributed by atoms with Gasteiger partial charge in [-0.15, -0.1) is 0 Å². The molecule has 1 rings (SSSR count). The Balaban J connectivity index is 0. The van der Waals surface area contributed by atoms with Crippen LogP contribution >= 0.6 is 0 Å². The second-order valence-electron chi connectivity index (χ2n) is 1.41. The van der Waals surface area contributed by atoms with E-state index in [1.807, 2.05) is 30.3 Å². The van der Waals surface area contributed by atoms with Crippen molar-refractivity contribution in [1.82, 2.24) is 0 Å². The molecule has 0 aliphatic rings. The number of rotatable bonds is 0. The van der Waals surface area contributed by atoms with Crippen LogP contribution < -0.4 is 35.0 Å². The van der Waals surface area contributed by atoms with Crippen molar-refractivity contribution in [3.8, 4) is 0 Å². The third-order valence-corrected chi connectivity index (χ3v) is 0.800.